The number of piperidine rings is 1. The number of ether oxygens (including phenoxy) is 1. The van der Waals surface area contributed by atoms with Gasteiger partial charge in [-0.25, -0.2) is 0 Å². The zero-order chi connectivity index (χ0) is 12.1. The molecule has 1 amide bonds. The molecule has 2 heterocycles. The molecule has 4 nitrogen and oxygen atoms in total. The summed E-state index contributed by atoms with van der Waals surface area (Å²) in [5.41, 5.74) is 5.65. The average Bonchev–Trinajstić information content (AvgIpc) is 2.89. The van der Waals surface area contributed by atoms with Crippen molar-refractivity contribution in [2.24, 2.45) is 11.7 Å². The van der Waals surface area contributed by atoms with Crippen LogP contribution in [0.5, 0.6) is 0 Å². The quantitative estimate of drug-likeness (QED) is 0.848. The van der Waals surface area contributed by atoms with E-state index < -0.39 is 0 Å². The number of nitrogens with two attached hydrogens (primary N) is 1. The van der Waals surface area contributed by atoms with Crippen LogP contribution in [0.1, 0.15) is 38.5 Å². The van der Waals surface area contributed by atoms with Gasteiger partial charge in [0.2, 0.25) is 5.91 Å². The summed E-state index contributed by atoms with van der Waals surface area (Å²) in [4.78, 5) is 14.0. The van der Waals surface area contributed by atoms with Crippen molar-refractivity contribution in [2.75, 3.05) is 26.2 Å². The normalized spacial score (nSPS) is 24.9. The number of halogens is 1. The number of hydrogen-bond donors (Lipinski definition) is 1. The van der Waals surface area contributed by atoms with Gasteiger partial charge < -0.3 is 15.4 Å². The third kappa shape index (κ3) is 4.41. The maximum Gasteiger partial charge on any atom is 0.222 e. The Morgan fingerprint density at radius 1 is 1.28 bits per heavy atom. The van der Waals surface area contributed by atoms with Crippen LogP contribution in [0.15, 0.2) is 0 Å². The van der Waals surface area contributed by atoms with Crippen LogP contribution in [-0.4, -0.2) is 43.2 Å². The molecule has 2 aliphatic heterocycles. The van der Waals surface area contributed by atoms with Crippen LogP contribution in [0.3, 0.4) is 0 Å². The molecule has 0 spiro atoms. The molecule has 0 aromatic carbocycles. The first-order valence-corrected chi connectivity index (χ1v) is 6.89. The van der Waals surface area contributed by atoms with Crippen molar-refractivity contribution >= 4 is 18.3 Å². The van der Waals surface area contributed by atoms with Crippen molar-refractivity contribution in [2.45, 2.75) is 44.6 Å². The van der Waals surface area contributed by atoms with Crippen LogP contribution >= 0.6 is 12.4 Å². The van der Waals surface area contributed by atoms with Crippen molar-refractivity contribution < 1.29 is 9.53 Å². The first-order chi connectivity index (χ1) is 8.29. The third-order valence-corrected chi connectivity index (χ3v) is 4.00. The molecule has 2 N–H and O–H groups in total. The molecular formula is C13H25ClN2O2. The third-order valence-electron chi connectivity index (χ3n) is 4.00. The van der Waals surface area contributed by atoms with E-state index in [4.69, 9.17) is 10.5 Å². The van der Waals surface area contributed by atoms with Crippen LogP contribution in [-0.2, 0) is 9.53 Å². The largest absolute Gasteiger partial charge is 0.378 e. The molecule has 2 aliphatic rings. The zero-order valence-corrected chi connectivity index (χ0v) is 11.8. The second-order valence-electron chi connectivity index (χ2n) is 5.23. The van der Waals surface area contributed by atoms with Gasteiger partial charge in [0, 0.05) is 26.1 Å². The number of carbonyl (C=O) groups excluding carboxylic acids is 1. The van der Waals surface area contributed by atoms with Crippen molar-refractivity contribution in [3.63, 3.8) is 0 Å². The first-order valence-electron chi connectivity index (χ1n) is 6.89. The maximum absolute atomic E-state index is 12.0. The van der Waals surface area contributed by atoms with Gasteiger partial charge in [0.1, 0.15) is 0 Å². The molecule has 1 atom stereocenters. The molecule has 106 valence electrons. The van der Waals surface area contributed by atoms with E-state index in [9.17, 15) is 4.79 Å². The molecule has 0 saturated carbocycles. The van der Waals surface area contributed by atoms with Crippen molar-refractivity contribution in [1.82, 2.24) is 4.90 Å². The number of rotatable bonds is 4. The van der Waals surface area contributed by atoms with Gasteiger partial charge in [-0.1, -0.05) is 0 Å². The highest BCUT2D eigenvalue weighted by molar-refractivity contribution is 5.85. The van der Waals surface area contributed by atoms with Gasteiger partial charge in [-0.3, -0.25) is 4.79 Å². The summed E-state index contributed by atoms with van der Waals surface area (Å²) < 4.78 is 5.54. The topological polar surface area (TPSA) is 55.6 Å². The van der Waals surface area contributed by atoms with Crippen LogP contribution < -0.4 is 5.73 Å². The molecule has 5 heteroatoms. The summed E-state index contributed by atoms with van der Waals surface area (Å²) in [6.45, 7) is 3.43. The molecule has 0 aromatic heterocycles. The lowest BCUT2D eigenvalue weighted by Gasteiger charge is -2.31. The van der Waals surface area contributed by atoms with E-state index in [0.29, 0.717) is 24.3 Å². The monoisotopic (exact) mass is 276 g/mol. The maximum atomic E-state index is 12.0. The Morgan fingerprint density at radius 3 is 2.56 bits per heavy atom. The van der Waals surface area contributed by atoms with Crippen LogP contribution in [0.4, 0.5) is 0 Å². The summed E-state index contributed by atoms with van der Waals surface area (Å²) in [5, 5.41) is 0. The van der Waals surface area contributed by atoms with Gasteiger partial charge in [0.25, 0.3) is 0 Å². The van der Waals surface area contributed by atoms with E-state index in [0.717, 1.165) is 58.3 Å². The van der Waals surface area contributed by atoms with E-state index in [1.807, 2.05) is 4.90 Å². The molecule has 1 unspecified atom stereocenters. The lowest BCUT2D eigenvalue weighted by atomic mass is 9.97. The average molecular weight is 277 g/mol. The summed E-state index contributed by atoms with van der Waals surface area (Å²) in [6, 6.07) is 0. The van der Waals surface area contributed by atoms with Gasteiger partial charge in [-0.2, -0.15) is 0 Å². The van der Waals surface area contributed by atoms with E-state index >= 15 is 0 Å². The Bertz CT molecular complexity index is 249. The number of hydrogen-bond acceptors (Lipinski definition) is 3. The molecule has 2 saturated heterocycles. The Morgan fingerprint density at radius 2 is 2.00 bits per heavy atom. The summed E-state index contributed by atoms with van der Waals surface area (Å²) >= 11 is 0. The van der Waals surface area contributed by atoms with E-state index in [1.54, 1.807) is 0 Å². The van der Waals surface area contributed by atoms with Crippen LogP contribution in [0, 0.1) is 5.92 Å². The number of amides is 1. The van der Waals surface area contributed by atoms with Gasteiger partial charge in [-0.15, -0.1) is 12.4 Å². The van der Waals surface area contributed by atoms with Gasteiger partial charge in [0.15, 0.2) is 0 Å². The second kappa shape index (κ2) is 7.97. The van der Waals surface area contributed by atoms with E-state index in [-0.39, 0.29) is 12.4 Å². The predicted molar refractivity (Wildman–Crippen MR) is 73.8 cm³/mol. The van der Waals surface area contributed by atoms with Crippen LogP contribution in [0.25, 0.3) is 0 Å². The SMILES string of the molecule is Cl.NCC1CCN(C(=O)CCC2CCCO2)CC1. The molecule has 2 rings (SSSR count). The summed E-state index contributed by atoms with van der Waals surface area (Å²) in [6.07, 6.45) is 6.31. The predicted octanol–water partition coefficient (Wildman–Crippen LogP) is 1.56. The standard InChI is InChI=1S/C13H24N2O2.ClH/c14-10-11-5-7-15(8-6-11)13(16)4-3-12-2-1-9-17-12;/h11-12H,1-10,14H2;1H. The minimum atomic E-state index is 0. The Balaban J connectivity index is 0.00000162. The van der Waals surface area contributed by atoms with Gasteiger partial charge in [0.05, 0.1) is 6.10 Å². The zero-order valence-electron chi connectivity index (χ0n) is 11.0. The minimum absolute atomic E-state index is 0. The fourth-order valence-corrected chi connectivity index (χ4v) is 2.73. The highest BCUT2D eigenvalue weighted by Crippen LogP contribution is 2.20. The lowest BCUT2D eigenvalue weighted by molar-refractivity contribution is -0.133. The second-order valence-corrected chi connectivity index (χ2v) is 5.23. The minimum Gasteiger partial charge on any atom is -0.378 e. The molecule has 18 heavy (non-hydrogen) atoms. The van der Waals surface area contributed by atoms with Crippen LogP contribution in [0.2, 0.25) is 0 Å². The number of likely N-dealkylation sites (tertiary alicyclic amines) is 1. The highest BCUT2D eigenvalue weighted by Gasteiger charge is 2.23. The molecule has 0 aromatic rings. The summed E-state index contributed by atoms with van der Waals surface area (Å²) in [7, 11) is 0. The highest BCUT2D eigenvalue weighted by atomic mass is 35.5. The molecule has 2 fully saturated rings. The summed E-state index contributed by atoms with van der Waals surface area (Å²) in [5.74, 6) is 0.924. The Hall–Kier alpha value is -0.320. The van der Waals surface area contributed by atoms with Gasteiger partial charge in [-0.05, 0) is 44.6 Å². The molecule has 0 radical (unpaired) electrons. The number of carbonyl (C=O) groups is 1. The van der Waals surface area contributed by atoms with E-state index in [1.165, 1.54) is 0 Å². The van der Waals surface area contributed by atoms with E-state index in [2.05, 4.69) is 0 Å². The van der Waals surface area contributed by atoms with Crippen molar-refractivity contribution in [3.8, 4) is 0 Å². The Kier molecular flexibility index (Phi) is 6.97. The number of nitrogens with zero attached hydrogens (tertiary/aromatic N) is 1. The fraction of sp³-hybridized carbons (Fsp3) is 0.923. The lowest BCUT2D eigenvalue weighted by Crippen LogP contribution is -2.40. The van der Waals surface area contributed by atoms with Crippen molar-refractivity contribution in [1.29, 1.82) is 0 Å². The smallest absolute Gasteiger partial charge is 0.222 e. The molecular weight excluding hydrogens is 252 g/mol. The van der Waals surface area contributed by atoms with Crippen molar-refractivity contribution in [3.05, 3.63) is 0 Å². The molecule has 0 bridgehead atoms. The molecule has 0 aliphatic carbocycles. The first kappa shape index (κ1) is 15.7. The van der Waals surface area contributed by atoms with Gasteiger partial charge >= 0.3 is 0 Å². The Labute approximate surface area is 116 Å². The fourth-order valence-electron chi connectivity index (χ4n) is 2.73.